The van der Waals surface area contributed by atoms with Gasteiger partial charge in [-0.2, -0.15) is 0 Å². The zero-order valence-corrected chi connectivity index (χ0v) is 10.5. The van der Waals surface area contributed by atoms with E-state index in [1.807, 2.05) is 13.8 Å². The normalized spacial score (nSPS) is 17.3. The smallest absolute Gasteiger partial charge is 0.220 e. The zero-order chi connectivity index (χ0) is 12.3. The predicted octanol–water partition coefficient (Wildman–Crippen LogP) is 0.944. The van der Waals surface area contributed by atoms with Gasteiger partial charge in [-0.1, -0.05) is 0 Å². The molecule has 0 amide bonds. The second-order valence-corrected chi connectivity index (χ2v) is 4.50. The molecule has 0 spiro atoms. The first-order valence-electron chi connectivity index (χ1n) is 6.07. The van der Waals surface area contributed by atoms with Crippen molar-refractivity contribution in [1.29, 1.82) is 0 Å². The molecule has 0 saturated carbocycles. The summed E-state index contributed by atoms with van der Waals surface area (Å²) in [5.74, 6) is 0.356. The van der Waals surface area contributed by atoms with Crippen LogP contribution in [0.2, 0.25) is 0 Å². The van der Waals surface area contributed by atoms with Gasteiger partial charge in [0.05, 0.1) is 0 Å². The van der Waals surface area contributed by atoms with Gasteiger partial charge in [0.15, 0.2) is 0 Å². The van der Waals surface area contributed by atoms with Crippen molar-refractivity contribution in [2.24, 2.45) is 0 Å². The lowest BCUT2D eigenvalue weighted by Gasteiger charge is -2.23. The van der Waals surface area contributed by atoms with Crippen molar-refractivity contribution in [3.05, 3.63) is 17.0 Å². The molecule has 0 aliphatic carbocycles. The average molecular weight is 236 g/mol. The topological polar surface area (TPSA) is 73.1 Å². The summed E-state index contributed by atoms with van der Waals surface area (Å²) in [6, 6.07) is 0.542. The minimum absolute atomic E-state index is 0.356. The highest BCUT2D eigenvalue weighted by molar-refractivity contribution is 5.30. The van der Waals surface area contributed by atoms with Gasteiger partial charge < -0.3 is 15.8 Å². The lowest BCUT2D eigenvalue weighted by Crippen LogP contribution is -2.34. The molecule has 5 heteroatoms. The fourth-order valence-electron chi connectivity index (χ4n) is 2.17. The molecule has 0 atom stereocenters. The van der Waals surface area contributed by atoms with Crippen LogP contribution in [0.5, 0.6) is 0 Å². The second-order valence-electron chi connectivity index (χ2n) is 4.50. The van der Waals surface area contributed by atoms with Crippen LogP contribution in [0.4, 0.5) is 5.95 Å². The van der Waals surface area contributed by atoms with E-state index in [4.69, 9.17) is 10.5 Å². The molecule has 1 aliphatic heterocycles. The van der Waals surface area contributed by atoms with Crippen LogP contribution in [0.25, 0.3) is 0 Å². The van der Waals surface area contributed by atoms with Crippen LogP contribution in [0.3, 0.4) is 0 Å². The monoisotopic (exact) mass is 236 g/mol. The molecule has 1 aliphatic rings. The summed E-state index contributed by atoms with van der Waals surface area (Å²) < 4.78 is 5.33. The Hall–Kier alpha value is -1.20. The van der Waals surface area contributed by atoms with E-state index in [-0.39, 0.29) is 0 Å². The maximum atomic E-state index is 5.61. The van der Waals surface area contributed by atoms with Crippen LogP contribution in [-0.4, -0.2) is 29.2 Å². The van der Waals surface area contributed by atoms with Crippen molar-refractivity contribution in [2.45, 2.75) is 39.3 Å². The van der Waals surface area contributed by atoms with Crippen molar-refractivity contribution in [3.63, 3.8) is 0 Å². The molecular weight excluding hydrogens is 216 g/mol. The number of aromatic nitrogens is 2. The number of nitrogens with two attached hydrogens (primary N) is 1. The van der Waals surface area contributed by atoms with Crippen molar-refractivity contribution < 1.29 is 4.74 Å². The highest BCUT2D eigenvalue weighted by atomic mass is 16.5. The molecule has 2 rings (SSSR count). The van der Waals surface area contributed by atoms with E-state index in [0.29, 0.717) is 12.0 Å². The molecule has 94 valence electrons. The van der Waals surface area contributed by atoms with E-state index < -0.39 is 0 Å². The van der Waals surface area contributed by atoms with Crippen LogP contribution in [0.1, 0.15) is 29.8 Å². The van der Waals surface area contributed by atoms with E-state index in [1.54, 1.807) is 0 Å². The highest BCUT2D eigenvalue weighted by Gasteiger charge is 2.14. The minimum Gasteiger partial charge on any atom is -0.381 e. The van der Waals surface area contributed by atoms with Gasteiger partial charge in [0.25, 0.3) is 0 Å². The van der Waals surface area contributed by atoms with Crippen LogP contribution in [0.15, 0.2) is 0 Å². The Morgan fingerprint density at radius 3 is 2.41 bits per heavy atom. The molecule has 5 nitrogen and oxygen atoms in total. The maximum absolute atomic E-state index is 5.61. The predicted molar refractivity (Wildman–Crippen MR) is 66.6 cm³/mol. The largest absolute Gasteiger partial charge is 0.381 e. The van der Waals surface area contributed by atoms with Crippen molar-refractivity contribution in [3.8, 4) is 0 Å². The number of rotatable bonds is 3. The first kappa shape index (κ1) is 12.3. The number of ether oxygens (including phenoxy) is 1. The van der Waals surface area contributed by atoms with Gasteiger partial charge >= 0.3 is 0 Å². The maximum Gasteiger partial charge on any atom is 0.220 e. The molecule has 17 heavy (non-hydrogen) atoms. The van der Waals surface area contributed by atoms with Gasteiger partial charge in [-0.05, 0) is 26.7 Å². The van der Waals surface area contributed by atoms with Crippen LogP contribution >= 0.6 is 0 Å². The number of nitrogens with zero attached hydrogens (tertiary/aromatic N) is 2. The Bertz CT molecular complexity index is 365. The van der Waals surface area contributed by atoms with Gasteiger partial charge in [-0.15, -0.1) is 0 Å². The summed E-state index contributed by atoms with van der Waals surface area (Å²) in [7, 11) is 0. The van der Waals surface area contributed by atoms with Crippen LogP contribution < -0.4 is 11.1 Å². The summed E-state index contributed by atoms with van der Waals surface area (Å²) >= 11 is 0. The molecule has 0 unspecified atom stereocenters. The molecule has 0 radical (unpaired) electrons. The third-order valence-corrected chi connectivity index (χ3v) is 3.23. The molecule has 1 fully saturated rings. The molecule has 1 aromatic heterocycles. The number of nitrogen functional groups attached to an aromatic ring is 1. The fraction of sp³-hybridized carbons (Fsp3) is 0.667. The Balaban J connectivity index is 1.98. The van der Waals surface area contributed by atoms with E-state index in [9.17, 15) is 0 Å². The average Bonchev–Trinajstić information content (AvgIpc) is 2.29. The lowest BCUT2D eigenvalue weighted by molar-refractivity contribution is 0.0775. The highest BCUT2D eigenvalue weighted by Crippen LogP contribution is 2.13. The minimum atomic E-state index is 0.356. The van der Waals surface area contributed by atoms with E-state index >= 15 is 0 Å². The summed E-state index contributed by atoms with van der Waals surface area (Å²) in [6.45, 7) is 6.47. The number of aryl methyl sites for hydroxylation is 2. The molecular formula is C12H20N4O. The van der Waals surface area contributed by atoms with Gasteiger partial charge in [0.1, 0.15) is 0 Å². The second kappa shape index (κ2) is 5.42. The van der Waals surface area contributed by atoms with Gasteiger partial charge in [-0.3, -0.25) is 0 Å². The van der Waals surface area contributed by atoms with Crippen molar-refractivity contribution in [1.82, 2.24) is 15.3 Å². The van der Waals surface area contributed by atoms with Gasteiger partial charge in [0, 0.05) is 42.8 Å². The fourth-order valence-corrected chi connectivity index (χ4v) is 2.17. The first-order valence-corrected chi connectivity index (χ1v) is 6.07. The van der Waals surface area contributed by atoms with Crippen molar-refractivity contribution >= 4 is 5.95 Å². The van der Waals surface area contributed by atoms with Gasteiger partial charge in [-0.25, -0.2) is 9.97 Å². The number of hydrogen-bond donors (Lipinski definition) is 2. The zero-order valence-electron chi connectivity index (χ0n) is 10.5. The molecule has 1 aromatic rings. The third-order valence-electron chi connectivity index (χ3n) is 3.23. The standard InChI is InChI=1S/C12H20N4O/c1-8-11(9(2)16-12(13)15-8)7-14-10-3-5-17-6-4-10/h10,14H,3-7H2,1-2H3,(H2,13,15,16). The lowest BCUT2D eigenvalue weighted by atomic mass is 10.1. The molecule has 0 bridgehead atoms. The summed E-state index contributed by atoms with van der Waals surface area (Å²) in [6.07, 6.45) is 2.15. The Labute approximate surface area is 102 Å². The molecule has 3 N–H and O–H groups in total. The molecule has 1 saturated heterocycles. The molecule has 0 aromatic carbocycles. The quantitative estimate of drug-likeness (QED) is 0.817. The van der Waals surface area contributed by atoms with Crippen LogP contribution in [-0.2, 0) is 11.3 Å². The van der Waals surface area contributed by atoms with Gasteiger partial charge in [0.2, 0.25) is 5.95 Å². The number of anilines is 1. The Morgan fingerprint density at radius 2 is 1.82 bits per heavy atom. The third kappa shape index (κ3) is 3.14. The van der Waals surface area contributed by atoms with Crippen LogP contribution in [0, 0.1) is 13.8 Å². The molecule has 2 heterocycles. The number of nitrogens with one attached hydrogen (secondary N) is 1. The summed E-state index contributed by atoms with van der Waals surface area (Å²) in [5, 5.41) is 3.54. The number of hydrogen-bond acceptors (Lipinski definition) is 5. The van der Waals surface area contributed by atoms with E-state index in [2.05, 4.69) is 15.3 Å². The SMILES string of the molecule is Cc1nc(N)nc(C)c1CNC1CCOCC1. The summed E-state index contributed by atoms with van der Waals surface area (Å²) in [5.41, 5.74) is 8.70. The van der Waals surface area contributed by atoms with E-state index in [0.717, 1.165) is 49.6 Å². The van der Waals surface area contributed by atoms with E-state index in [1.165, 1.54) is 0 Å². The Kier molecular flexibility index (Phi) is 3.91. The van der Waals surface area contributed by atoms with Crippen molar-refractivity contribution in [2.75, 3.05) is 18.9 Å². The Morgan fingerprint density at radius 1 is 1.24 bits per heavy atom. The first-order chi connectivity index (χ1) is 8.16. The summed E-state index contributed by atoms with van der Waals surface area (Å²) in [4.78, 5) is 8.40.